The Morgan fingerprint density at radius 2 is 1.94 bits per heavy atom. The third-order valence-corrected chi connectivity index (χ3v) is 2.91. The topological polar surface area (TPSA) is 33.0 Å². The van der Waals surface area contributed by atoms with E-state index in [1.807, 2.05) is 30.4 Å². The summed E-state index contributed by atoms with van der Waals surface area (Å²) in [5.41, 5.74) is 2.25. The molecule has 2 aromatic rings. The van der Waals surface area contributed by atoms with Crippen LogP contribution < -0.4 is 0 Å². The molecule has 0 saturated carbocycles. The molecular formula is C14H9NO. The third kappa shape index (κ3) is 1.19. The molecule has 0 spiro atoms. The normalized spacial score (nSPS) is 17.1. The van der Waals surface area contributed by atoms with Gasteiger partial charge < -0.3 is 4.74 Å². The van der Waals surface area contributed by atoms with Gasteiger partial charge in [-0.15, -0.1) is 0 Å². The Balaban J connectivity index is 2.32. The van der Waals surface area contributed by atoms with Gasteiger partial charge in [0.25, 0.3) is 6.26 Å². The minimum atomic E-state index is -0.247. The number of nitrogens with zero attached hydrogens (tertiary/aromatic N) is 1. The van der Waals surface area contributed by atoms with Crippen LogP contribution in [0.5, 0.6) is 0 Å². The highest BCUT2D eigenvalue weighted by Crippen LogP contribution is 2.34. The first-order chi connectivity index (χ1) is 7.90. The number of ether oxygens (including phenoxy) is 1. The van der Waals surface area contributed by atoms with Crippen LogP contribution in [0.2, 0.25) is 0 Å². The smallest absolute Gasteiger partial charge is 0.287 e. The molecule has 0 saturated heterocycles. The van der Waals surface area contributed by atoms with E-state index in [-0.39, 0.29) is 6.10 Å². The van der Waals surface area contributed by atoms with Crippen molar-refractivity contribution >= 4 is 16.8 Å². The summed E-state index contributed by atoms with van der Waals surface area (Å²) in [6.45, 7) is 0. The molecule has 0 aromatic heterocycles. The summed E-state index contributed by atoms with van der Waals surface area (Å²) < 4.78 is 5.05. The Bertz CT molecular complexity index is 617. The quantitative estimate of drug-likeness (QED) is 0.671. The molecule has 0 heterocycles. The van der Waals surface area contributed by atoms with Crippen molar-refractivity contribution in [2.45, 2.75) is 6.10 Å². The summed E-state index contributed by atoms with van der Waals surface area (Å²) in [7, 11) is 0. The van der Waals surface area contributed by atoms with Gasteiger partial charge in [-0.2, -0.15) is 5.26 Å². The molecule has 16 heavy (non-hydrogen) atoms. The fourth-order valence-electron chi connectivity index (χ4n) is 2.23. The van der Waals surface area contributed by atoms with Crippen molar-refractivity contribution in [1.29, 1.82) is 5.26 Å². The third-order valence-electron chi connectivity index (χ3n) is 2.91. The molecule has 0 N–H and O–H groups in total. The Hall–Kier alpha value is -2.27. The zero-order valence-corrected chi connectivity index (χ0v) is 8.55. The van der Waals surface area contributed by atoms with Crippen LogP contribution in [0.3, 0.4) is 0 Å². The van der Waals surface area contributed by atoms with E-state index < -0.39 is 0 Å². The van der Waals surface area contributed by atoms with Crippen molar-refractivity contribution in [2.75, 3.05) is 0 Å². The number of hydrogen-bond donors (Lipinski definition) is 0. The predicted octanol–water partition coefficient (Wildman–Crippen LogP) is 3.41. The molecule has 0 radical (unpaired) electrons. The number of benzene rings is 2. The van der Waals surface area contributed by atoms with E-state index in [2.05, 4.69) is 18.2 Å². The van der Waals surface area contributed by atoms with Crippen LogP contribution in [0.1, 0.15) is 17.2 Å². The maximum absolute atomic E-state index is 8.62. The monoisotopic (exact) mass is 207 g/mol. The van der Waals surface area contributed by atoms with Crippen molar-refractivity contribution < 1.29 is 4.74 Å². The average Bonchev–Trinajstić information content (AvgIpc) is 2.33. The summed E-state index contributed by atoms with van der Waals surface area (Å²) in [6, 6.07) is 12.3. The predicted molar refractivity (Wildman–Crippen MR) is 62.4 cm³/mol. The molecule has 3 rings (SSSR count). The van der Waals surface area contributed by atoms with Crippen LogP contribution in [0.4, 0.5) is 0 Å². The van der Waals surface area contributed by atoms with Crippen molar-refractivity contribution in [3.8, 4) is 6.26 Å². The van der Waals surface area contributed by atoms with Gasteiger partial charge in [-0.05, 0) is 22.4 Å². The molecule has 2 heteroatoms. The standard InChI is InChI=1S/C14H9NO/c15-9-16-13-8-7-11-4-1-3-10-5-2-6-12(13)14(10)11/h1-8,13H. The van der Waals surface area contributed by atoms with E-state index in [1.54, 1.807) is 6.26 Å². The van der Waals surface area contributed by atoms with E-state index >= 15 is 0 Å². The summed E-state index contributed by atoms with van der Waals surface area (Å²) in [6.07, 6.45) is 5.44. The second-order valence-corrected chi connectivity index (χ2v) is 3.78. The maximum Gasteiger partial charge on any atom is 0.287 e. The van der Waals surface area contributed by atoms with Crippen LogP contribution in [0, 0.1) is 11.5 Å². The van der Waals surface area contributed by atoms with Crippen molar-refractivity contribution in [3.63, 3.8) is 0 Å². The van der Waals surface area contributed by atoms with Crippen LogP contribution >= 0.6 is 0 Å². The first-order valence-electron chi connectivity index (χ1n) is 5.15. The van der Waals surface area contributed by atoms with E-state index in [0.717, 1.165) is 5.56 Å². The molecule has 0 amide bonds. The number of nitriles is 1. The van der Waals surface area contributed by atoms with E-state index in [9.17, 15) is 0 Å². The SMILES string of the molecule is N#COC1C=Cc2cccc3cccc1c23. The lowest BCUT2D eigenvalue weighted by Gasteiger charge is -2.18. The van der Waals surface area contributed by atoms with Crippen molar-refractivity contribution in [3.05, 3.63) is 53.6 Å². The molecule has 0 bridgehead atoms. The Labute approximate surface area is 93.4 Å². The van der Waals surface area contributed by atoms with Crippen molar-refractivity contribution in [2.24, 2.45) is 0 Å². The Kier molecular flexibility index (Phi) is 1.91. The molecule has 1 atom stereocenters. The number of rotatable bonds is 1. The lowest BCUT2D eigenvalue weighted by molar-refractivity contribution is 0.211. The summed E-state index contributed by atoms with van der Waals surface area (Å²) in [5, 5.41) is 11.0. The molecular weight excluding hydrogens is 198 g/mol. The van der Waals surface area contributed by atoms with Gasteiger partial charge in [-0.1, -0.05) is 42.5 Å². The molecule has 0 aliphatic heterocycles. The Morgan fingerprint density at radius 1 is 1.12 bits per heavy atom. The molecule has 76 valence electrons. The Morgan fingerprint density at radius 3 is 2.75 bits per heavy atom. The molecule has 1 unspecified atom stereocenters. The van der Waals surface area contributed by atoms with Crippen LogP contribution in [-0.2, 0) is 4.74 Å². The first kappa shape index (κ1) is 8.99. The van der Waals surface area contributed by atoms with Gasteiger partial charge in [0.2, 0.25) is 0 Å². The minimum absolute atomic E-state index is 0.247. The van der Waals surface area contributed by atoms with Gasteiger partial charge in [-0.3, -0.25) is 0 Å². The summed E-state index contributed by atoms with van der Waals surface area (Å²) in [5.74, 6) is 0. The zero-order valence-electron chi connectivity index (χ0n) is 8.55. The van der Waals surface area contributed by atoms with Crippen LogP contribution in [0.25, 0.3) is 16.8 Å². The van der Waals surface area contributed by atoms with Gasteiger partial charge in [0, 0.05) is 5.56 Å². The van der Waals surface area contributed by atoms with Crippen molar-refractivity contribution in [1.82, 2.24) is 0 Å². The van der Waals surface area contributed by atoms with E-state index in [1.165, 1.54) is 16.3 Å². The lowest BCUT2D eigenvalue weighted by Crippen LogP contribution is -2.02. The largest absolute Gasteiger partial charge is 0.415 e. The minimum Gasteiger partial charge on any atom is -0.415 e. The van der Waals surface area contributed by atoms with E-state index in [4.69, 9.17) is 10.00 Å². The van der Waals surface area contributed by atoms with Crippen LogP contribution in [-0.4, -0.2) is 0 Å². The van der Waals surface area contributed by atoms with Gasteiger partial charge in [0.1, 0.15) is 0 Å². The van der Waals surface area contributed by atoms with Gasteiger partial charge in [0.15, 0.2) is 6.10 Å². The average molecular weight is 207 g/mol. The molecule has 0 fully saturated rings. The van der Waals surface area contributed by atoms with E-state index in [0.29, 0.717) is 0 Å². The highest BCUT2D eigenvalue weighted by atomic mass is 16.5. The first-order valence-corrected chi connectivity index (χ1v) is 5.15. The van der Waals surface area contributed by atoms with Crippen LogP contribution in [0.15, 0.2) is 42.5 Å². The lowest BCUT2D eigenvalue weighted by atomic mass is 9.91. The maximum atomic E-state index is 8.62. The highest BCUT2D eigenvalue weighted by Gasteiger charge is 2.17. The molecule has 1 aliphatic carbocycles. The highest BCUT2D eigenvalue weighted by molar-refractivity contribution is 5.95. The van der Waals surface area contributed by atoms with Gasteiger partial charge in [0.05, 0.1) is 0 Å². The zero-order chi connectivity index (χ0) is 11.0. The van der Waals surface area contributed by atoms with Gasteiger partial charge in [-0.25, -0.2) is 0 Å². The summed E-state index contributed by atoms with van der Waals surface area (Å²) in [4.78, 5) is 0. The molecule has 2 nitrogen and oxygen atoms in total. The van der Waals surface area contributed by atoms with Gasteiger partial charge >= 0.3 is 0 Å². The fraction of sp³-hybridized carbons (Fsp3) is 0.0714. The second-order valence-electron chi connectivity index (χ2n) is 3.78. The molecule has 1 aliphatic rings. The fourth-order valence-corrected chi connectivity index (χ4v) is 2.23. The summed E-state index contributed by atoms with van der Waals surface area (Å²) >= 11 is 0. The second kappa shape index (κ2) is 3.39. The number of hydrogen-bond acceptors (Lipinski definition) is 2. The molecule has 2 aromatic carbocycles.